The molecule has 19 heavy (non-hydrogen) atoms. The standard InChI is InChI=1S/C15H21N3O/c1-17(2)11-12-19-15(13-7-5-4-6-8-13)14-9-10-16-18(14)3/h4-10,15H,11-12H2,1-3H3/i1D3,2D3,3D3,9D,10D,12D2,15D. The molecule has 0 aliphatic heterocycles. The summed E-state index contributed by atoms with van der Waals surface area (Å²) in [5, 5.41) is 3.46. The van der Waals surface area contributed by atoms with Gasteiger partial charge in [-0.2, -0.15) is 5.10 Å². The lowest BCUT2D eigenvalue weighted by Gasteiger charge is -2.20. The number of likely N-dealkylation sites (N-methyl/N-ethyl adjacent to an activating group) is 1. The summed E-state index contributed by atoms with van der Waals surface area (Å²) < 4.78 is 114. The van der Waals surface area contributed by atoms with Gasteiger partial charge in [0.1, 0.15) is 6.08 Å². The molecule has 102 valence electrons. The number of nitrogens with zero attached hydrogens (tertiary/aromatic N) is 3. The Labute approximate surface area is 134 Å². The maximum Gasteiger partial charge on any atom is 0.124 e. The Morgan fingerprint density at radius 2 is 2.37 bits per heavy atom. The highest BCUT2D eigenvalue weighted by Gasteiger charge is 2.17. The van der Waals surface area contributed by atoms with Crippen molar-refractivity contribution in [2.24, 2.45) is 6.98 Å². The van der Waals surface area contributed by atoms with Crippen molar-refractivity contribution < 1.29 is 23.9 Å². The van der Waals surface area contributed by atoms with Gasteiger partial charge in [0.2, 0.25) is 0 Å². The molecule has 1 heterocycles. The summed E-state index contributed by atoms with van der Waals surface area (Å²) in [5.74, 6) is 0. The summed E-state index contributed by atoms with van der Waals surface area (Å²) in [7, 11) is 0. The third kappa shape index (κ3) is 3.66. The second kappa shape index (κ2) is 6.50. The molecule has 0 bridgehead atoms. The molecule has 1 atom stereocenters. The molecule has 0 aliphatic rings. The van der Waals surface area contributed by atoms with Gasteiger partial charge < -0.3 is 9.64 Å². The van der Waals surface area contributed by atoms with Crippen molar-refractivity contribution in [3.8, 4) is 0 Å². The molecule has 2 rings (SSSR count). The van der Waals surface area contributed by atoms with Gasteiger partial charge in [-0.3, -0.25) is 4.68 Å². The van der Waals surface area contributed by atoms with Crippen LogP contribution in [0.1, 0.15) is 36.5 Å². The van der Waals surface area contributed by atoms with Gasteiger partial charge in [-0.15, -0.1) is 0 Å². The summed E-state index contributed by atoms with van der Waals surface area (Å²) in [6.45, 7) is -14.1. The van der Waals surface area contributed by atoms with E-state index in [0.717, 1.165) is 0 Å². The molecule has 0 aliphatic carbocycles. The van der Waals surface area contributed by atoms with Crippen LogP contribution < -0.4 is 0 Å². The van der Waals surface area contributed by atoms with E-state index in [4.69, 9.17) is 23.9 Å². The van der Waals surface area contributed by atoms with Crippen LogP contribution in [0.3, 0.4) is 0 Å². The fourth-order valence-corrected chi connectivity index (χ4v) is 1.39. The van der Waals surface area contributed by atoms with Gasteiger partial charge in [-0.05, 0) is 25.6 Å². The van der Waals surface area contributed by atoms with E-state index in [9.17, 15) is 0 Å². The van der Waals surface area contributed by atoms with E-state index in [2.05, 4.69) is 5.10 Å². The van der Waals surface area contributed by atoms with Crippen LogP contribution in [0.15, 0.2) is 42.5 Å². The molecule has 1 aromatic carbocycles. The average Bonchev–Trinajstić information content (AvgIpc) is 2.94. The first-order valence-corrected chi connectivity index (χ1v) is 5.31. The first kappa shape index (κ1) is 4.43. The molecule has 1 unspecified atom stereocenters. The number of hydrogen-bond donors (Lipinski definition) is 0. The van der Waals surface area contributed by atoms with E-state index in [1.165, 1.54) is 24.3 Å². The van der Waals surface area contributed by atoms with Crippen LogP contribution in [-0.2, 0) is 11.7 Å². The van der Waals surface area contributed by atoms with E-state index >= 15 is 0 Å². The Kier molecular flexibility index (Phi) is 1.52. The highest BCUT2D eigenvalue weighted by Crippen LogP contribution is 2.25. The van der Waals surface area contributed by atoms with Crippen molar-refractivity contribution in [1.29, 1.82) is 0 Å². The normalized spacial score (nSPS) is 28.1. The molecule has 0 N–H and O–H groups in total. The minimum atomic E-state index is -3.26. The highest BCUT2D eigenvalue weighted by molar-refractivity contribution is 5.25. The number of aromatic nitrogens is 2. The monoisotopic (exact) mass is 273 g/mol. The average molecular weight is 273 g/mol. The molecule has 4 heteroatoms. The number of benzene rings is 1. The van der Waals surface area contributed by atoms with Crippen molar-refractivity contribution in [2.45, 2.75) is 6.08 Å². The van der Waals surface area contributed by atoms with Crippen LogP contribution in [0.25, 0.3) is 0 Å². The van der Waals surface area contributed by atoms with Crippen LogP contribution in [0.5, 0.6) is 0 Å². The molecule has 2 aromatic rings. The van der Waals surface area contributed by atoms with Crippen molar-refractivity contribution >= 4 is 0 Å². The Bertz CT molecular complexity index is 951. The van der Waals surface area contributed by atoms with Gasteiger partial charge in [0.15, 0.2) is 0 Å². The van der Waals surface area contributed by atoms with Crippen LogP contribution in [0.2, 0.25) is 0 Å². The van der Waals surface area contributed by atoms with Crippen LogP contribution >= 0.6 is 0 Å². The Balaban J connectivity index is 2.69. The minimum Gasteiger partial charge on any atom is -0.366 e. The van der Waals surface area contributed by atoms with E-state index in [0.29, 0.717) is 0 Å². The third-order valence-corrected chi connectivity index (χ3v) is 2.18. The topological polar surface area (TPSA) is 30.3 Å². The van der Waals surface area contributed by atoms with Gasteiger partial charge in [-0.1, -0.05) is 30.3 Å². The molecule has 0 amide bonds. The lowest BCUT2D eigenvalue weighted by molar-refractivity contribution is 0.0638. The van der Waals surface area contributed by atoms with Crippen molar-refractivity contribution in [1.82, 2.24) is 14.7 Å². The molecule has 0 saturated heterocycles. The maximum atomic E-state index is 8.91. The summed E-state index contributed by atoms with van der Waals surface area (Å²) in [5.41, 5.74) is -0.973. The minimum absolute atomic E-state index is 0.107. The first-order chi connectivity index (χ1) is 14.7. The first-order valence-electron chi connectivity index (χ1n) is 12.3. The van der Waals surface area contributed by atoms with E-state index in [1.807, 2.05) is 0 Å². The molecular weight excluding hydrogens is 238 g/mol. The predicted molar refractivity (Wildman–Crippen MR) is 76.0 cm³/mol. The molecule has 0 spiro atoms. The molecule has 0 saturated carbocycles. The summed E-state index contributed by atoms with van der Waals surface area (Å²) >= 11 is 0. The molecule has 1 aromatic heterocycles. The number of aryl methyl sites for hydroxylation is 1. The Morgan fingerprint density at radius 1 is 1.53 bits per heavy atom. The number of ether oxygens (including phenoxy) is 1. The van der Waals surface area contributed by atoms with Gasteiger partial charge in [0.25, 0.3) is 0 Å². The van der Waals surface area contributed by atoms with Gasteiger partial charge in [0.05, 0.1) is 19.1 Å². The zero-order valence-electron chi connectivity index (χ0n) is 23.8. The molecular formula is C15H21N3O. The zero-order chi connectivity index (χ0) is 25.6. The second-order valence-electron chi connectivity index (χ2n) is 3.52. The van der Waals surface area contributed by atoms with E-state index in [-0.39, 0.29) is 15.1 Å². The molecule has 0 radical (unpaired) electrons. The maximum absolute atomic E-state index is 8.91. The van der Waals surface area contributed by atoms with Gasteiger partial charge >= 0.3 is 0 Å². The SMILES string of the molecule is [2H]c1nn(C([2H])([2H])[2H])c(C([2H])(OC([2H])([2H])CN(C([2H])([2H])[2H])C([2H])([2H])[2H])c2ccccc2)c1[2H]. The van der Waals surface area contributed by atoms with Crippen LogP contribution in [0, 0.1) is 0 Å². The summed E-state index contributed by atoms with van der Waals surface area (Å²) in [6.07, 6.45) is -3.64. The molecule has 4 nitrogen and oxygen atoms in total. The van der Waals surface area contributed by atoms with Gasteiger partial charge in [0, 0.05) is 32.0 Å². The van der Waals surface area contributed by atoms with Gasteiger partial charge in [-0.25, -0.2) is 0 Å². The number of hydrogen-bond acceptors (Lipinski definition) is 3. The fraction of sp³-hybridized carbons (Fsp3) is 0.400. The summed E-state index contributed by atoms with van der Waals surface area (Å²) in [6, 6.07) is 6.11. The Morgan fingerprint density at radius 3 is 3.11 bits per heavy atom. The van der Waals surface area contributed by atoms with Crippen molar-refractivity contribution in [3.63, 3.8) is 0 Å². The zero-order valence-corrected chi connectivity index (χ0v) is 9.84. The fourth-order valence-electron chi connectivity index (χ4n) is 1.39. The predicted octanol–water partition coefficient (Wildman–Crippen LogP) is 2.09. The summed E-state index contributed by atoms with van der Waals surface area (Å²) in [4.78, 5) is -0.107. The smallest absolute Gasteiger partial charge is 0.124 e. The van der Waals surface area contributed by atoms with Crippen LogP contribution in [0.4, 0.5) is 0 Å². The van der Waals surface area contributed by atoms with Crippen molar-refractivity contribution in [3.05, 3.63) is 53.8 Å². The quantitative estimate of drug-likeness (QED) is 0.807. The van der Waals surface area contributed by atoms with Crippen LogP contribution in [-0.4, -0.2) is 41.7 Å². The third-order valence-electron chi connectivity index (χ3n) is 2.18. The second-order valence-corrected chi connectivity index (χ2v) is 3.52. The number of rotatable bonds is 6. The lowest BCUT2D eigenvalue weighted by Crippen LogP contribution is -2.20. The van der Waals surface area contributed by atoms with Crippen molar-refractivity contribution in [2.75, 3.05) is 27.1 Å². The molecule has 0 fully saturated rings. The Hall–Kier alpha value is -1.65. The van der Waals surface area contributed by atoms with E-state index < -0.39 is 58.0 Å². The van der Waals surface area contributed by atoms with E-state index in [1.54, 1.807) is 6.07 Å². The lowest BCUT2D eigenvalue weighted by atomic mass is 10.1. The highest BCUT2D eigenvalue weighted by atomic mass is 16.5. The largest absolute Gasteiger partial charge is 0.366 e.